The molecule has 0 heterocycles. The summed E-state index contributed by atoms with van der Waals surface area (Å²) < 4.78 is 24.9. The van der Waals surface area contributed by atoms with Gasteiger partial charge in [-0.15, -0.1) is 0 Å². The van der Waals surface area contributed by atoms with Gasteiger partial charge < -0.3 is 9.11 Å². The van der Waals surface area contributed by atoms with Gasteiger partial charge in [0, 0.05) is 33.5 Å². The van der Waals surface area contributed by atoms with Crippen LogP contribution < -0.4 is 0 Å². The van der Waals surface area contributed by atoms with Crippen LogP contribution in [0.1, 0.15) is 22.3 Å². The second kappa shape index (κ2) is 6.88. The van der Waals surface area contributed by atoms with Crippen molar-refractivity contribution in [2.45, 2.75) is 37.5 Å². The number of aryl methyl sites for hydroxylation is 4. The Labute approximate surface area is 133 Å². The van der Waals surface area contributed by atoms with E-state index in [-0.39, 0.29) is 5.08 Å². The van der Waals surface area contributed by atoms with Crippen LogP contribution in [0.3, 0.4) is 0 Å². The maximum atomic E-state index is 12.5. The molecule has 21 heavy (non-hydrogen) atoms. The minimum absolute atomic E-state index is 0.147. The fourth-order valence-electron chi connectivity index (χ4n) is 2.33. The van der Waals surface area contributed by atoms with Gasteiger partial charge in [0.25, 0.3) is 5.08 Å². The summed E-state index contributed by atoms with van der Waals surface area (Å²) >= 11 is -2.50. The van der Waals surface area contributed by atoms with Crippen LogP contribution >= 0.6 is 0 Å². The van der Waals surface area contributed by atoms with E-state index in [1.54, 1.807) is 0 Å². The molecule has 0 aromatic heterocycles. The Bertz CT molecular complexity index is 585. The lowest BCUT2D eigenvalue weighted by Gasteiger charge is -2.16. The van der Waals surface area contributed by atoms with Gasteiger partial charge in [0.05, 0.1) is 0 Å². The third-order valence-electron chi connectivity index (χ3n) is 3.37. The number of benzene rings is 2. The molecule has 0 amide bonds. The van der Waals surface area contributed by atoms with Crippen LogP contribution in [-0.4, -0.2) is 14.2 Å². The highest BCUT2D eigenvalue weighted by Crippen LogP contribution is 2.24. The molecule has 2 atom stereocenters. The highest BCUT2D eigenvalue weighted by molar-refractivity contribution is 8.08. The summed E-state index contributed by atoms with van der Waals surface area (Å²) in [7, 11) is 0. The monoisotopic (exact) mass is 320 g/mol. The minimum atomic E-state index is -1.25. The van der Waals surface area contributed by atoms with Gasteiger partial charge in [-0.1, -0.05) is 35.4 Å². The van der Waals surface area contributed by atoms with Crippen LogP contribution in [0.5, 0.6) is 0 Å². The van der Waals surface area contributed by atoms with Gasteiger partial charge in [-0.2, -0.15) is 0 Å². The molecular weight excluding hydrogens is 300 g/mol. The third kappa shape index (κ3) is 4.04. The minimum Gasteiger partial charge on any atom is -0.608 e. The molecule has 2 aromatic rings. The lowest BCUT2D eigenvalue weighted by molar-refractivity contribution is 0.586. The fourth-order valence-corrected chi connectivity index (χ4v) is 5.40. The zero-order valence-corrected chi connectivity index (χ0v) is 14.4. The van der Waals surface area contributed by atoms with Gasteiger partial charge in [0.1, 0.15) is 0 Å². The van der Waals surface area contributed by atoms with Crippen LogP contribution in [0.4, 0.5) is 0 Å². The smallest absolute Gasteiger partial charge is 0.263 e. The lowest BCUT2D eigenvalue weighted by Crippen LogP contribution is -2.18. The molecule has 0 N–H and O–H groups in total. The van der Waals surface area contributed by atoms with Crippen molar-refractivity contribution >= 4 is 22.4 Å². The summed E-state index contributed by atoms with van der Waals surface area (Å²) in [5.41, 5.74) is 4.27. The van der Waals surface area contributed by atoms with Crippen LogP contribution in [0.15, 0.2) is 46.2 Å². The van der Waals surface area contributed by atoms with E-state index in [1.165, 1.54) is 0 Å². The standard InChI is InChI=1S/C17H20O2S2/c1-12-5-7-16(14(3)9-12)20(18)11-21(19)17-8-6-13(2)10-15(17)4/h5-10H,11H2,1-4H3. The van der Waals surface area contributed by atoms with Crippen LogP contribution in [0.25, 0.3) is 0 Å². The van der Waals surface area contributed by atoms with E-state index < -0.39 is 22.4 Å². The second-order valence-corrected chi connectivity index (χ2v) is 8.55. The summed E-state index contributed by atoms with van der Waals surface area (Å²) in [4.78, 5) is 1.55. The molecule has 0 aliphatic carbocycles. The average molecular weight is 320 g/mol. The third-order valence-corrected chi connectivity index (χ3v) is 6.98. The fraction of sp³-hybridized carbons (Fsp3) is 0.294. The van der Waals surface area contributed by atoms with Crippen molar-refractivity contribution in [1.82, 2.24) is 0 Å². The Morgan fingerprint density at radius 2 is 1.10 bits per heavy atom. The van der Waals surface area contributed by atoms with Crippen molar-refractivity contribution in [3.8, 4) is 0 Å². The molecule has 2 aromatic carbocycles. The summed E-state index contributed by atoms with van der Waals surface area (Å²) in [5, 5.41) is 0.147. The summed E-state index contributed by atoms with van der Waals surface area (Å²) in [6.07, 6.45) is 0. The molecule has 0 saturated carbocycles. The molecule has 2 rings (SSSR count). The molecule has 112 valence electrons. The first-order valence-electron chi connectivity index (χ1n) is 6.79. The number of hydrogen-bond acceptors (Lipinski definition) is 2. The van der Waals surface area contributed by atoms with Gasteiger partial charge >= 0.3 is 0 Å². The van der Waals surface area contributed by atoms with Gasteiger partial charge in [-0.3, -0.25) is 0 Å². The topological polar surface area (TPSA) is 46.1 Å². The maximum Gasteiger partial charge on any atom is 0.263 e. The quantitative estimate of drug-likeness (QED) is 0.805. The Morgan fingerprint density at radius 3 is 1.43 bits per heavy atom. The van der Waals surface area contributed by atoms with Gasteiger partial charge in [0.2, 0.25) is 0 Å². The maximum absolute atomic E-state index is 12.5. The molecule has 4 heteroatoms. The van der Waals surface area contributed by atoms with Crippen molar-refractivity contribution in [3.05, 3.63) is 58.7 Å². The zero-order chi connectivity index (χ0) is 15.6. The largest absolute Gasteiger partial charge is 0.608 e. The van der Waals surface area contributed by atoms with E-state index in [0.717, 1.165) is 32.0 Å². The Balaban J connectivity index is 2.16. The van der Waals surface area contributed by atoms with Crippen LogP contribution in [-0.2, 0) is 22.4 Å². The first-order chi connectivity index (χ1) is 9.88. The van der Waals surface area contributed by atoms with Gasteiger partial charge in [-0.05, 0) is 39.8 Å². The van der Waals surface area contributed by atoms with Crippen molar-refractivity contribution < 1.29 is 9.11 Å². The van der Waals surface area contributed by atoms with E-state index >= 15 is 0 Å². The molecule has 0 aliphatic rings. The Kier molecular flexibility index (Phi) is 5.38. The molecule has 2 unspecified atom stereocenters. The Hall–Kier alpha value is -0.940. The summed E-state index contributed by atoms with van der Waals surface area (Å²) in [6, 6.07) is 11.7. The highest BCUT2D eigenvalue weighted by atomic mass is 32.3. The molecule has 0 bridgehead atoms. The lowest BCUT2D eigenvalue weighted by atomic mass is 10.2. The average Bonchev–Trinajstić information content (AvgIpc) is 2.37. The van der Waals surface area contributed by atoms with Gasteiger partial charge in [0.15, 0.2) is 9.79 Å². The van der Waals surface area contributed by atoms with E-state index in [4.69, 9.17) is 0 Å². The van der Waals surface area contributed by atoms with Crippen molar-refractivity contribution in [1.29, 1.82) is 0 Å². The number of rotatable bonds is 4. The predicted octanol–water partition coefficient (Wildman–Crippen LogP) is 3.79. The summed E-state index contributed by atoms with van der Waals surface area (Å²) in [6.45, 7) is 7.90. The van der Waals surface area contributed by atoms with E-state index in [0.29, 0.717) is 0 Å². The first-order valence-corrected chi connectivity index (χ1v) is 9.43. The Morgan fingerprint density at radius 1 is 0.714 bits per heavy atom. The van der Waals surface area contributed by atoms with Crippen molar-refractivity contribution in [2.75, 3.05) is 5.08 Å². The summed E-state index contributed by atoms with van der Waals surface area (Å²) in [5.74, 6) is 0. The van der Waals surface area contributed by atoms with E-state index in [1.807, 2.05) is 64.1 Å². The van der Waals surface area contributed by atoms with Gasteiger partial charge in [-0.25, -0.2) is 0 Å². The van der Waals surface area contributed by atoms with E-state index in [9.17, 15) is 9.11 Å². The van der Waals surface area contributed by atoms with E-state index in [2.05, 4.69) is 0 Å². The molecule has 0 spiro atoms. The normalized spacial score (nSPS) is 14.0. The second-order valence-electron chi connectivity index (χ2n) is 5.35. The SMILES string of the molecule is Cc1ccc([S+]([O-])C[S+]([O-])c2ccc(C)cc2C)c(C)c1. The van der Waals surface area contributed by atoms with Crippen LogP contribution in [0, 0.1) is 27.7 Å². The zero-order valence-electron chi connectivity index (χ0n) is 12.8. The van der Waals surface area contributed by atoms with Crippen LogP contribution in [0.2, 0.25) is 0 Å². The van der Waals surface area contributed by atoms with Crippen molar-refractivity contribution in [2.24, 2.45) is 0 Å². The molecule has 0 fully saturated rings. The first kappa shape index (κ1) is 16.4. The molecule has 0 aliphatic heterocycles. The molecule has 0 saturated heterocycles. The molecular formula is C17H20O2S2. The van der Waals surface area contributed by atoms with Crippen molar-refractivity contribution in [3.63, 3.8) is 0 Å². The molecule has 0 radical (unpaired) electrons. The highest BCUT2D eigenvalue weighted by Gasteiger charge is 2.24. The predicted molar refractivity (Wildman–Crippen MR) is 89.5 cm³/mol. The number of hydrogen-bond donors (Lipinski definition) is 0. The molecule has 2 nitrogen and oxygen atoms in total.